The van der Waals surface area contributed by atoms with Crippen molar-refractivity contribution < 1.29 is 19.1 Å². The Morgan fingerprint density at radius 3 is 2.15 bits per heavy atom. The molecule has 0 saturated heterocycles. The van der Waals surface area contributed by atoms with Gasteiger partial charge in [-0.3, -0.25) is 14.4 Å². The number of Topliss-reactive ketones (excluding diaryl/α,β-unsaturated/α-hetero) is 3. The summed E-state index contributed by atoms with van der Waals surface area (Å²) in [6.07, 6.45) is 1.61. The van der Waals surface area contributed by atoms with E-state index in [1.165, 1.54) is 11.1 Å². The number of ether oxygens (including phenoxy) is 1. The maximum Gasteiger partial charge on any atom is 0.151 e. The minimum Gasteiger partial charge on any atom is -0.487 e. The van der Waals surface area contributed by atoms with E-state index >= 15 is 0 Å². The standard InChI is InChI=1S/C22H28O4/c1-7-16(23)20-17(24)8-14(9-18(20)25)19-12(3)11(2)15-10-22(5,6)26-21(15)13(19)4/h14,20H,7-10H2,1-6H3. The van der Waals surface area contributed by atoms with Gasteiger partial charge < -0.3 is 4.74 Å². The predicted molar refractivity (Wildman–Crippen MR) is 99.8 cm³/mol. The minimum atomic E-state index is -1.04. The molecule has 3 rings (SSSR count). The lowest BCUT2D eigenvalue weighted by atomic mass is 9.72. The topological polar surface area (TPSA) is 60.4 Å². The van der Waals surface area contributed by atoms with E-state index in [2.05, 4.69) is 27.7 Å². The lowest BCUT2D eigenvalue weighted by Gasteiger charge is -2.29. The first kappa shape index (κ1) is 18.8. The molecular weight excluding hydrogens is 328 g/mol. The molecular formula is C22H28O4. The van der Waals surface area contributed by atoms with Crippen LogP contribution in [0, 0.1) is 26.7 Å². The number of carbonyl (C=O) groups excluding carboxylic acids is 3. The number of carbonyl (C=O) groups is 3. The van der Waals surface area contributed by atoms with E-state index in [4.69, 9.17) is 4.74 Å². The van der Waals surface area contributed by atoms with Gasteiger partial charge in [-0.2, -0.15) is 0 Å². The lowest BCUT2D eigenvalue weighted by Crippen LogP contribution is -2.38. The summed E-state index contributed by atoms with van der Waals surface area (Å²) in [5.41, 5.74) is 5.44. The van der Waals surface area contributed by atoms with Gasteiger partial charge >= 0.3 is 0 Å². The largest absolute Gasteiger partial charge is 0.487 e. The molecule has 1 aliphatic carbocycles. The van der Waals surface area contributed by atoms with Crippen molar-refractivity contribution in [1.82, 2.24) is 0 Å². The minimum absolute atomic E-state index is 0.160. The summed E-state index contributed by atoms with van der Waals surface area (Å²) in [6, 6.07) is 0. The van der Waals surface area contributed by atoms with Gasteiger partial charge in [0.25, 0.3) is 0 Å². The van der Waals surface area contributed by atoms with Gasteiger partial charge in [-0.25, -0.2) is 0 Å². The average molecular weight is 356 g/mol. The highest BCUT2D eigenvalue weighted by atomic mass is 16.5. The smallest absolute Gasteiger partial charge is 0.151 e. The van der Waals surface area contributed by atoms with E-state index < -0.39 is 5.92 Å². The van der Waals surface area contributed by atoms with Crippen LogP contribution in [0.1, 0.15) is 73.8 Å². The van der Waals surface area contributed by atoms with Crippen molar-refractivity contribution in [2.45, 2.75) is 78.7 Å². The van der Waals surface area contributed by atoms with Crippen molar-refractivity contribution in [2.75, 3.05) is 0 Å². The molecule has 1 fully saturated rings. The van der Waals surface area contributed by atoms with Gasteiger partial charge in [0.05, 0.1) is 0 Å². The molecule has 2 aliphatic rings. The number of benzene rings is 1. The Labute approximate surface area is 155 Å². The van der Waals surface area contributed by atoms with Gasteiger partial charge in [-0.05, 0) is 62.8 Å². The van der Waals surface area contributed by atoms with Crippen LogP contribution < -0.4 is 4.74 Å². The quantitative estimate of drug-likeness (QED) is 0.770. The summed E-state index contributed by atoms with van der Waals surface area (Å²) in [4.78, 5) is 37.1. The summed E-state index contributed by atoms with van der Waals surface area (Å²) in [6.45, 7) is 12.1. The van der Waals surface area contributed by atoms with Gasteiger partial charge in [0.15, 0.2) is 17.3 Å². The van der Waals surface area contributed by atoms with Crippen molar-refractivity contribution >= 4 is 17.3 Å². The third kappa shape index (κ3) is 2.89. The molecule has 0 N–H and O–H groups in total. The third-order valence-electron chi connectivity index (χ3n) is 6.04. The second-order valence-corrected chi connectivity index (χ2v) is 8.43. The van der Waals surface area contributed by atoms with Crippen LogP contribution in [-0.2, 0) is 20.8 Å². The van der Waals surface area contributed by atoms with Gasteiger partial charge in [-0.1, -0.05) is 6.92 Å². The fraction of sp³-hybridized carbons (Fsp3) is 0.591. The van der Waals surface area contributed by atoms with E-state index in [0.29, 0.717) is 0 Å². The van der Waals surface area contributed by atoms with Crippen LogP contribution in [-0.4, -0.2) is 23.0 Å². The molecule has 0 spiro atoms. The predicted octanol–water partition coefficient (Wildman–Crippen LogP) is 3.94. The third-order valence-corrected chi connectivity index (χ3v) is 6.04. The van der Waals surface area contributed by atoms with Crippen molar-refractivity contribution in [3.63, 3.8) is 0 Å². The SMILES string of the molecule is CCC(=O)C1C(=O)CC(c2c(C)c(C)c3c(c2C)OC(C)(C)C3)CC1=O. The molecule has 4 heteroatoms. The lowest BCUT2D eigenvalue weighted by molar-refractivity contribution is -0.142. The first-order chi connectivity index (χ1) is 12.1. The number of ketones is 3. The Morgan fingerprint density at radius 2 is 1.62 bits per heavy atom. The summed E-state index contributed by atoms with van der Waals surface area (Å²) >= 11 is 0. The monoisotopic (exact) mass is 356 g/mol. The fourth-order valence-electron chi connectivity index (χ4n) is 4.67. The zero-order chi connectivity index (χ0) is 19.4. The Bertz CT molecular complexity index is 798. The normalized spacial score (nSPS) is 24.4. The Morgan fingerprint density at radius 1 is 1.04 bits per heavy atom. The molecule has 4 nitrogen and oxygen atoms in total. The molecule has 0 aromatic heterocycles. The van der Waals surface area contributed by atoms with Crippen LogP contribution in [0.3, 0.4) is 0 Å². The molecule has 140 valence electrons. The van der Waals surface area contributed by atoms with E-state index in [1.807, 2.05) is 6.92 Å². The molecule has 0 atom stereocenters. The number of hydrogen-bond acceptors (Lipinski definition) is 4. The van der Waals surface area contributed by atoms with Crippen molar-refractivity contribution in [3.8, 4) is 5.75 Å². The Hall–Kier alpha value is -1.97. The Balaban J connectivity index is 2.02. The van der Waals surface area contributed by atoms with E-state index in [0.717, 1.165) is 28.9 Å². The van der Waals surface area contributed by atoms with Crippen molar-refractivity contribution in [2.24, 2.45) is 5.92 Å². The van der Waals surface area contributed by atoms with Crippen LogP contribution in [0.25, 0.3) is 0 Å². The first-order valence-electron chi connectivity index (χ1n) is 9.47. The molecule has 1 aliphatic heterocycles. The molecule has 26 heavy (non-hydrogen) atoms. The summed E-state index contributed by atoms with van der Waals surface area (Å²) in [5.74, 6) is -0.982. The zero-order valence-corrected chi connectivity index (χ0v) is 16.6. The van der Waals surface area contributed by atoms with Crippen molar-refractivity contribution in [3.05, 3.63) is 27.8 Å². The van der Waals surface area contributed by atoms with E-state index in [1.54, 1.807) is 6.92 Å². The zero-order valence-electron chi connectivity index (χ0n) is 16.6. The maximum atomic E-state index is 12.6. The fourth-order valence-corrected chi connectivity index (χ4v) is 4.67. The summed E-state index contributed by atoms with van der Waals surface area (Å²) in [5, 5.41) is 0. The highest BCUT2D eigenvalue weighted by molar-refractivity contribution is 6.20. The van der Waals surface area contributed by atoms with Gasteiger partial charge in [0.1, 0.15) is 17.3 Å². The van der Waals surface area contributed by atoms with Gasteiger partial charge in [0, 0.05) is 31.2 Å². The first-order valence-corrected chi connectivity index (χ1v) is 9.47. The molecule has 0 radical (unpaired) electrons. The summed E-state index contributed by atoms with van der Waals surface area (Å²) < 4.78 is 6.20. The van der Waals surface area contributed by atoms with Crippen LogP contribution in [0.4, 0.5) is 0 Å². The Kier molecular flexibility index (Phi) is 4.58. The second kappa shape index (κ2) is 6.33. The van der Waals surface area contributed by atoms with Gasteiger partial charge in [0.2, 0.25) is 0 Å². The highest BCUT2D eigenvalue weighted by Gasteiger charge is 2.42. The van der Waals surface area contributed by atoms with Crippen LogP contribution in [0.2, 0.25) is 0 Å². The van der Waals surface area contributed by atoms with Gasteiger partial charge in [-0.15, -0.1) is 0 Å². The average Bonchev–Trinajstić information content (AvgIpc) is 2.88. The molecule has 1 aromatic rings. The molecule has 0 unspecified atom stereocenters. The highest BCUT2D eigenvalue weighted by Crippen LogP contribution is 2.46. The second-order valence-electron chi connectivity index (χ2n) is 8.43. The van der Waals surface area contributed by atoms with E-state index in [9.17, 15) is 14.4 Å². The number of fused-ring (bicyclic) bond motifs is 1. The van der Waals surface area contributed by atoms with Crippen LogP contribution >= 0.6 is 0 Å². The molecule has 1 saturated carbocycles. The maximum absolute atomic E-state index is 12.6. The molecule has 0 bridgehead atoms. The number of hydrogen-bond donors (Lipinski definition) is 0. The summed E-state index contributed by atoms with van der Waals surface area (Å²) in [7, 11) is 0. The van der Waals surface area contributed by atoms with Crippen molar-refractivity contribution in [1.29, 1.82) is 0 Å². The molecule has 0 amide bonds. The van der Waals surface area contributed by atoms with Crippen LogP contribution in [0.5, 0.6) is 5.75 Å². The molecule has 1 heterocycles. The number of rotatable bonds is 3. The van der Waals surface area contributed by atoms with Crippen LogP contribution in [0.15, 0.2) is 0 Å². The molecule has 1 aromatic carbocycles. The van der Waals surface area contributed by atoms with E-state index in [-0.39, 0.29) is 48.1 Å².